The Morgan fingerprint density at radius 1 is 1.11 bits per heavy atom. The maximum Gasteiger partial charge on any atom is 0.573 e. The summed E-state index contributed by atoms with van der Waals surface area (Å²) in [6.45, 7) is 2.21. The molecule has 186 valence electrons. The largest absolute Gasteiger partial charge is 0.573 e. The number of carbonyl (C=O) groups excluding carboxylic acids is 2. The first-order valence-electron chi connectivity index (χ1n) is 10.8. The van der Waals surface area contributed by atoms with Gasteiger partial charge in [-0.25, -0.2) is 4.98 Å². The van der Waals surface area contributed by atoms with Crippen LogP contribution in [0.5, 0.6) is 5.75 Å². The summed E-state index contributed by atoms with van der Waals surface area (Å²) in [5, 5.41) is 4.47. The number of hydrogen-bond acceptors (Lipinski definition) is 6. The van der Waals surface area contributed by atoms with Crippen molar-refractivity contribution in [3.05, 3.63) is 70.6 Å². The zero-order valence-corrected chi connectivity index (χ0v) is 19.8. The Balaban J connectivity index is 1.66. The number of para-hydroxylation sites is 2. The number of halogens is 3. The third-order valence-corrected chi connectivity index (χ3v) is 5.84. The van der Waals surface area contributed by atoms with Gasteiger partial charge in [-0.3, -0.25) is 14.6 Å². The van der Waals surface area contributed by atoms with Crippen LogP contribution in [0.25, 0.3) is 22.3 Å². The van der Waals surface area contributed by atoms with Gasteiger partial charge in [0, 0.05) is 25.4 Å². The maximum absolute atomic E-state index is 12.9. The minimum atomic E-state index is -4.79. The number of fused-ring (bicyclic) bond motifs is 1. The van der Waals surface area contributed by atoms with E-state index < -0.39 is 12.3 Å². The van der Waals surface area contributed by atoms with Gasteiger partial charge in [0.05, 0.1) is 22.9 Å². The van der Waals surface area contributed by atoms with Crippen molar-refractivity contribution in [2.45, 2.75) is 26.3 Å². The van der Waals surface area contributed by atoms with E-state index in [1.54, 1.807) is 28.1 Å². The highest BCUT2D eigenvalue weighted by Gasteiger charge is 2.31. The van der Waals surface area contributed by atoms with Crippen LogP contribution in [-0.2, 0) is 11.3 Å². The Kier molecular flexibility index (Phi) is 7.44. The molecule has 36 heavy (non-hydrogen) atoms. The van der Waals surface area contributed by atoms with Crippen LogP contribution in [0.1, 0.15) is 23.8 Å². The fraction of sp³-hybridized carbons (Fsp3) is 0.208. The maximum atomic E-state index is 12.9. The zero-order chi connectivity index (χ0) is 25.7. The van der Waals surface area contributed by atoms with Gasteiger partial charge in [0.15, 0.2) is 4.80 Å². The molecule has 0 radical (unpaired) electrons. The molecule has 0 aliphatic rings. The average molecular weight is 516 g/mol. The second-order valence-electron chi connectivity index (χ2n) is 7.62. The van der Waals surface area contributed by atoms with Crippen molar-refractivity contribution in [1.29, 1.82) is 0 Å². The molecule has 4 aromatic rings. The summed E-state index contributed by atoms with van der Waals surface area (Å²) in [4.78, 5) is 37.3. The van der Waals surface area contributed by atoms with E-state index in [1.165, 1.54) is 48.7 Å². The van der Waals surface area contributed by atoms with E-state index in [-0.39, 0.29) is 17.4 Å². The lowest BCUT2D eigenvalue weighted by Crippen LogP contribution is -2.24. The number of nitrogens with one attached hydrogen (secondary N) is 1. The first kappa shape index (κ1) is 25.0. The monoisotopic (exact) mass is 515 g/mol. The SMILES string of the molecule is CC(=O)NCCCn1c(-c2ccc(OC(F)(F)F)cc2)csc1=NC(=O)c1cnc2ccccc2n1. The second-order valence-corrected chi connectivity index (χ2v) is 8.46. The summed E-state index contributed by atoms with van der Waals surface area (Å²) < 4.78 is 43.2. The predicted molar refractivity (Wildman–Crippen MR) is 127 cm³/mol. The molecule has 4 rings (SSSR count). The van der Waals surface area contributed by atoms with Crippen LogP contribution in [0.2, 0.25) is 0 Å². The Labute approximate surface area is 207 Å². The van der Waals surface area contributed by atoms with E-state index >= 15 is 0 Å². The van der Waals surface area contributed by atoms with Gasteiger partial charge in [0.2, 0.25) is 5.91 Å². The van der Waals surface area contributed by atoms with Gasteiger partial charge in [-0.15, -0.1) is 24.5 Å². The van der Waals surface area contributed by atoms with Crippen LogP contribution in [0.3, 0.4) is 0 Å². The number of thiazole rings is 1. The van der Waals surface area contributed by atoms with E-state index in [4.69, 9.17) is 0 Å². The van der Waals surface area contributed by atoms with E-state index in [2.05, 4.69) is 25.0 Å². The summed E-state index contributed by atoms with van der Waals surface area (Å²) in [5.74, 6) is -1.08. The molecule has 0 saturated heterocycles. The van der Waals surface area contributed by atoms with Gasteiger partial charge in [-0.05, 0) is 48.4 Å². The summed E-state index contributed by atoms with van der Waals surface area (Å²) in [5.41, 5.74) is 2.56. The Bertz CT molecular complexity index is 1460. The molecule has 0 bridgehead atoms. The summed E-state index contributed by atoms with van der Waals surface area (Å²) >= 11 is 1.20. The predicted octanol–water partition coefficient (Wildman–Crippen LogP) is 4.33. The van der Waals surface area contributed by atoms with Gasteiger partial charge in [-0.2, -0.15) is 4.99 Å². The average Bonchev–Trinajstić information content (AvgIpc) is 3.23. The second kappa shape index (κ2) is 10.7. The Morgan fingerprint density at radius 3 is 2.53 bits per heavy atom. The molecule has 0 saturated carbocycles. The zero-order valence-electron chi connectivity index (χ0n) is 19.0. The third kappa shape index (κ3) is 6.33. The number of alkyl halides is 3. The standard InChI is InChI=1S/C24H20F3N5O3S/c1-15(33)28-11-4-12-32-21(16-7-9-17(10-8-16)35-24(25,26)27)14-36-23(32)31-22(34)20-13-29-18-5-2-3-6-19(18)30-20/h2-3,5-10,13-14H,4,11-12H2,1H3,(H,28,33). The molecule has 0 aliphatic carbocycles. The van der Waals surface area contributed by atoms with Crippen LogP contribution in [0.15, 0.2) is 65.1 Å². The van der Waals surface area contributed by atoms with Gasteiger partial charge in [0.25, 0.3) is 5.91 Å². The number of amides is 2. The lowest BCUT2D eigenvalue weighted by atomic mass is 10.1. The number of carbonyl (C=O) groups is 2. The Hall–Kier alpha value is -4.06. The van der Waals surface area contributed by atoms with Crippen molar-refractivity contribution in [3.8, 4) is 17.0 Å². The molecule has 1 N–H and O–H groups in total. The van der Waals surface area contributed by atoms with Crippen molar-refractivity contribution in [1.82, 2.24) is 19.9 Å². The number of benzene rings is 2. The highest BCUT2D eigenvalue weighted by atomic mass is 32.1. The van der Waals surface area contributed by atoms with Crippen LogP contribution >= 0.6 is 11.3 Å². The molecule has 2 heterocycles. The summed E-state index contributed by atoms with van der Waals surface area (Å²) in [7, 11) is 0. The van der Waals surface area contributed by atoms with Crippen LogP contribution in [0.4, 0.5) is 13.2 Å². The first-order valence-corrected chi connectivity index (χ1v) is 11.7. The molecular formula is C24H20F3N5O3S. The molecule has 0 unspecified atom stereocenters. The van der Waals surface area contributed by atoms with Crippen LogP contribution < -0.4 is 14.9 Å². The highest BCUT2D eigenvalue weighted by Crippen LogP contribution is 2.27. The van der Waals surface area contributed by atoms with E-state index in [0.29, 0.717) is 46.6 Å². The quantitative estimate of drug-likeness (QED) is 0.370. The number of aromatic nitrogens is 3. The number of rotatable bonds is 7. The number of ether oxygens (including phenoxy) is 1. The lowest BCUT2D eigenvalue weighted by Gasteiger charge is -2.11. The van der Waals surface area contributed by atoms with Crippen LogP contribution in [-0.4, -0.2) is 39.3 Å². The van der Waals surface area contributed by atoms with Crippen molar-refractivity contribution >= 4 is 34.2 Å². The summed E-state index contributed by atoms with van der Waals surface area (Å²) in [6.07, 6.45) is -2.88. The molecule has 0 aliphatic heterocycles. The Morgan fingerprint density at radius 2 is 1.83 bits per heavy atom. The van der Waals surface area contributed by atoms with Crippen molar-refractivity contribution < 1.29 is 27.5 Å². The molecule has 0 spiro atoms. The topological polar surface area (TPSA) is 98.5 Å². The fourth-order valence-corrected chi connectivity index (χ4v) is 4.33. The molecule has 0 atom stereocenters. The molecular weight excluding hydrogens is 495 g/mol. The summed E-state index contributed by atoms with van der Waals surface area (Å²) in [6, 6.07) is 12.6. The molecule has 12 heteroatoms. The minimum absolute atomic E-state index is 0.0853. The molecule has 0 fully saturated rings. The minimum Gasteiger partial charge on any atom is -0.406 e. The van der Waals surface area contributed by atoms with E-state index in [9.17, 15) is 22.8 Å². The molecule has 8 nitrogen and oxygen atoms in total. The van der Waals surface area contributed by atoms with Crippen molar-refractivity contribution in [2.24, 2.45) is 4.99 Å². The van der Waals surface area contributed by atoms with Crippen LogP contribution in [0, 0.1) is 0 Å². The highest BCUT2D eigenvalue weighted by molar-refractivity contribution is 7.07. The molecule has 2 amide bonds. The number of nitrogens with zero attached hydrogens (tertiary/aromatic N) is 4. The van der Waals surface area contributed by atoms with E-state index in [0.717, 1.165) is 0 Å². The third-order valence-electron chi connectivity index (χ3n) is 4.98. The van der Waals surface area contributed by atoms with Crippen molar-refractivity contribution in [3.63, 3.8) is 0 Å². The lowest BCUT2D eigenvalue weighted by molar-refractivity contribution is -0.274. The van der Waals surface area contributed by atoms with Gasteiger partial charge in [0.1, 0.15) is 11.4 Å². The first-order chi connectivity index (χ1) is 17.2. The molecule has 2 aromatic carbocycles. The van der Waals surface area contributed by atoms with Gasteiger partial charge >= 0.3 is 6.36 Å². The van der Waals surface area contributed by atoms with E-state index in [1.807, 2.05) is 6.07 Å². The normalized spacial score (nSPS) is 12.1. The van der Waals surface area contributed by atoms with Gasteiger partial charge < -0.3 is 14.6 Å². The number of hydrogen-bond donors (Lipinski definition) is 1. The van der Waals surface area contributed by atoms with Gasteiger partial charge in [-0.1, -0.05) is 12.1 Å². The molecule has 2 aromatic heterocycles. The fourth-order valence-electron chi connectivity index (χ4n) is 3.40. The smallest absolute Gasteiger partial charge is 0.406 e. The van der Waals surface area contributed by atoms with Crippen molar-refractivity contribution in [2.75, 3.05) is 6.54 Å².